The molecule has 1 heterocycles. The van der Waals surface area contributed by atoms with E-state index in [1.165, 1.54) is 25.4 Å². The summed E-state index contributed by atoms with van der Waals surface area (Å²) in [6.45, 7) is 1.23. The smallest absolute Gasteiger partial charge is 0.243 e. The minimum atomic E-state index is -3.72. The number of anilines is 1. The average Bonchev–Trinajstić information content (AvgIpc) is 3.19. The van der Waals surface area contributed by atoms with Crippen molar-refractivity contribution in [1.82, 2.24) is 14.1 Å². The van der Waals surface area contributed by atoms with Gasteiger partial charge in [0.1, 0.15) is 0 Å². The van der Waals surface area contributed by atoms with Crippen LogP contribution in [0.4, 0.5) is 5.69 Å². The first-order valence-electron chi connectivity index (χ1n) is 9.40. The molecule has 0 radical (unpaired) electrons. The second-order valence-corrected chi connectivity index (χ2v) is 8.70. The maximum Gasteiger partial charge on any atom is 0.243 e. The fourth-order valence-electron chi connectivity index (χ4n) is 2.73. The van der Waals surface area contributed by atoms with Gasteiger partial charge < -0.3 is 10.1 Å². The molecule has 158 valence electrons. The van der Waals surface area contributed by atoms with Crippen LogP contribution in [0.25, 0.3) is 0 Å². The Labute approximate surface area is 176 Å². The lowest BCUT2D eigenvalue weighted by Crippen LogP contribution is -2.34. The van der Waals surface area contributed by atoms with Crippen LogP contribution in [0.15, 0.2) is 78.0 Å². The highest BCUT2D eigenvalue weighted by molar-refractivity contribution is 7.89. The standard InChI is InChI=1S/C21H24N4O4S/c1-24(30(27,28)20-10-6-3-7-11-20)16-21(26)23-19-14-22-25(15-19)12-13-29-17-18-8-4-2-5-9-18/h2-11,14-15H,12-13,16-17H2,1H3,(H,23,26). The summed E-state index contributed by atoms with van der Waals surface area (Å²) in [7, 11) is -2.35. The van der Waals surface area contributed by atoms with E-state index in [1.807, 2.05) is 30.3 Å². The van der Waals surface area contributed by atoms with E-state index in [-0.39, 0.29) is 11.4 Å². The summed E-state index contributed by atoms with van der Waals surface area (Å²) in [4.78, 5) is 12.4. The van der Waals surface area contributed by atoms with E-state index in [0.717, 1.165) is 9.87 Å². The lowest BCUT2D eigenvalue weighted by atomic mass is 10.2. The predicted molar refractivity (Wildman–Crippen MR) is 113 cm³/mol. The molecule has 1 N–H and O–H groups in total. The molecule has 8 nitrogen and oxygen atoms in total. The predicted octanol–water partition coefficient (Wildman–Crippen LogP) is 2.36. The molecule has 3 aromatic rings. The molecule has 0 fully saturated rings. The van der Waals surface area contributed by atoms with Crippen molar-refractivity contribution >= 4 is 21.6 Å². The monoisotopic (exact) mass is 428 g/mol. The van der Waals surface area contributed by atoms with E-state index in [2.05, 4.69) is 10.4 Å². The van der Waals surface area contributed by atoms with Gasteiger partial charge >= 0.3 is 0 Å². The molecule has 1 aromatic heterocycles. The van der Waals surface area contributed by atoms with E-state index in [0.29, 0.717) is 25.4 Å². The van der Waals surface area contributed by atoms with E-state index >= 15 is 0 Å². The largest absolute Gasteiger partial charge is 0.375 e. The number of nitrogens with one attached hydrogen (secondary N) is 1. The minimum Gasteiger partial charge on any atom is -0.375 e. The fraction of sp³-hybridized carbons (Fsp3) is 0.238. The van der Waals surface area contributed by atoms with Crippen LogP contribution < -0.4 is 5.32 Å². The van der Waals surface area contributed by atoms with Gasteiger partial charge in [-0.05, 0) is 17.7 Å². The maximum atomic E-state index is 12.5. The lowest BCUT2D eigenvalue weighted by molar-refractivity contribution is -0.116. The fourth-order valence-corrected chi connectivity index (χ4v) is 3.88. The molecule has 0 unspecified atom stereocenters. The second kappa shape index (κ2) is 10.1. The Morgan fingerprint density at radius 1 is 1.10 bits per heavy atom. The summed E-state index contributed by atoms with van der Waals surface area (Å²) in [5.74, 6) is -0.447. The number of hydrogen-bond donors (Lipinski definition) is 1. The number of carbonyl (C=O) groups excluding carboxylic acids is 1. The highest BCUT2D eigenvalue weighted by atomic mass is 32.2. The van der Waals surface area contributed by atoms with Gasteiger partial charge in [-0.25, -0.2) is 8.42 Å². The van der Waals surface area contributed by atoms with Gasteiger partial charge in [0, 0.05) is 13.2 Å². The number of nitrogens with zero attached hydrogens (tertiary/aromatic N) is 3. The first kappa shape index (κ1) is 21.7. The molecule has 9 heteroatoms. The molecule has 2 aromatic carbocycles. The minimum absolute atomic E-state index is 0.142. The molecule has 1 amide bonds. The highest BCUT2D eigenvalue weighted by Crippen LogP contribution is 2.13. The van der Waals surface area contributed by atoms with Gasteiger partial charge in [-0.2, -0.15) is 9.40 Å². The van der Waals surface area contributed by atoms with Crippen LogP contribution in [0, 0.1) is 0 Å². The zero-order chi connectivity index (χ0) is 21.4. The summed E-state index contributed by atoms with van der Waals surface area (Å²) in [5, 5.41) is 6.84. The zero-order valence-electron chi connectivity index (χ0n) is 16.6. The Morgan fingerprint density at radius 2 is 1.77 bits per heavy atom. The highest BCUT2D eigenvalue weighted by Gasteiger charge is 2.22. The molecule has 0 bridgehead atoms. The van der Waals surface area contributed by atoms with Crippen molar-refractivity contribution in [2.75, 3.05) is 25.5 Å². The molecule has 0 aliphatic rings. The number of hydrogen-bond acceptors (Lipinski definition) is 5. The van der Waals surface area contributed by atoms with Crippen LogP contribution in [0.2, 0.25) is 0 Å². The SMILES string of the molecule is CN(CC(=O)Nc1cnn(CCOCc2ccccc2)c1)S(=O)(=O)c1ccccc1. The molecule has 0 saturated heterocycles. The number of ether oxygens (including phenoxy) is 1. The van der Waals surface area contributed by atoms with Crippen LogP contribution in [0.1, 0.15) is 5.56 Å². The lowest BCUT2D eigenvalue weighted by Gasteiger charge is -2.16. The number of carbonyl (C=O) groups is 1. The van der Waals surface area contributed by atoms with Crippen LogP contribution >= 0.6 is 0 Å². The van der Waals surface area contributed by atoms with Gasteiger partial charge in [-0.1, -0.05) is 48.5 Å². The topological polar surface area (TPSA) is 93.5 Å². The van der Waals surface area contributed by atoms with Crippen molar-refractivity contribution < 1.29 is 17.9 Å². The number of likely N-dealkylation sites (N-methyl/N-ethyl adjacent to an activating group) is 1. The third kappa shape index (κ3) is 5.99. The van der Waals surface area contributed by atoms with Crippen molar-refractivity contribution in [3.05, 3.63) is 78.6 Å². The Kier molecular flexibility index (Phi) is 7.34. The number of rotatable bonds is 10. The van der Waals surface area contributed by atoms with Crippen LogP contribution in [0.3, 0.4) is 0 Å². The van der Waals surface area contributed by atoms with E-state index in [1.54, 1.807) is 29.1 Å². The molecular formula is C21H24N4O4S. The van der Waals surface area contributed by atoms with Gasteiger partial charge in [0.15, 0.2) is 0 Å². The summed E-state index contributed by atoms with van der Waals surface area (Å²) < 4.78 is 33.3. The summed E-state index contributed by atoms with van der Waals surface area (Å²) in [5.41, 5.74) is 1.59. The first-order chi connectivity index (χ1) is 14.4. The van der Waals surface area contributed by atoms with Crippen molar-refractivity contribution in [2.45, 2.75) is 18.0 Å². The zero-order valence-corrected chi connectivity index (χ0v) is 17.5. The Hall–Kier alpha value is -3.01. The molecule has 0 aliphatic carbocycles. The third-order valence-corrected chi connectivity index (χ3v) is 6.13. The summed E-state index contributed by atoms with van der Waals surface area (Å²) in [6, 6.07) is 17.9. The van der Waals surface area contributed by atoms with Gasteiger partial charge in [0.2, 0.25) is 15.9 Å². The van der Waals surface area contributed by atoms with Crippen molar-refractivity contribution in [2.24, 2.45) is 0 Å². The van der Waals surface area contributed by atoms with Gasteiger partial charge in [-0.15, -0.1) is 0 Å². The number of amides is 1. The molecule has 30 heavy (non-hydrogen) atoms. The van der Waals surface area contributed by atoms with Crippen LogP contribution in [0.5, 0.6) is 0 Å². The first-order valence-corrected chi connectivity index (χ1v) is 10.8. The number of benzene rings is 2. The molecular weight excluding hydrogens is 404 g/mol. The Morgan fingerprint density at radius 3 is 2.47 bits per heavy atom. The summed E-state index contributed by atoms with van der Waals surface area (Å²) >= 11 is 0. The molecule has 3 rings (SSSR count). The van der Waals surface area contributed by atoms with Gasteiger partial charge in [0.05, 0.1) is 43.1 Å². The summed E-state index contributed by atoms with van der Waals surface area (Å²) in [6.07, 6.45) is 3.19. The molecule has 0 saturated carbocycles. The normalized spacial score (nSPS) is 11.5. The van der Waals surface area contributed by atoms with Crippen LogP contribution in [-0.2, 0) is 32.7 Å². The third-order valence-electron chi connectivity index (χ3n) is 4.31. The second-order valence-electron chi connectivity index (χ2n) is 6.65. The Bertz CT molecular complexity index is 1050. The molecule has 0 atom stereocenters. The van der Waals surface area contributed by atoms with E-state index < -0.39 is 15.9 Å². The van der Waals surface area contributed by atoms with Crippen molar-refractivity contribution in [3.63, 3.8) is 0 Å². The maximum absolute atomic E-state index is 12.5. The van der Waals surface area contributed by atoms with E-state index in [9.17, 15) is 13.2 Å². The number of sulfonamides is 1. The van der Waals surface area contributed by atoms with Gasteiger partial charge in [-0.3, -0.25) is 9.48 Å². The average molecular weight is 429 g/mol. The quantitative estimate of drug-likeness (QED) is 0.501. The molecule has 0 aliphatic heterocycles. The van der Waals surface area contributed by atoms with Crippen LogP contribution in [-0.4, -0.2) is 48.6 Å². The van der Waals surface area contributed by atoms with Gasteiger partial charge in [0.25, 0.3) is 0 Å². The van der Waals surface area contributed by atoms with Crippen molar-refractivity contribution in [3.8, 4) is 0 Å². The Balaban J connectivity index is 1.45. The van der Waals surface area contributed by atoms with Crippen molar-refractivity contribution in [1.29, 1.82) is 0 Å². The van der Waals surface area contributed by atoms with E-state index in [4.69, 9.17) is 4.74 Å². The number of aromatic nitrogens is 2. The molecule has 0 spiro atoms.